The number of sulfonamides is 1. The minimum absolute atomic E-state index is 0.115. The zero-order valence-corrected chi connectivity index (χ0v) is 13.3. The van der Waals surface area contributed by atoms with Gasteiger partial charge in [0, 0.05) is 13.1 Å². The van der Waals surface area contributed by atoms with E-state index >= 15 is 0 Å². The fraction of sp³-hybridized carbons (Fsp3) is 0.600. The average molecular weight is 315 g/mol. The van der Waals surface area contributed by atoms with Crippen LogP contribution in [0.25, 0.3) is 0 Å². The molecule has 0 spiro atoms. The zero-order chi connectivity index (χ0) is 15.7. The summed E-state index contributed by atoms with van der Waals surface area (Å²) in [7, 11) is -3.81. The molecular weight excluding hydrogens is 293 g/mol. The van der Waals surface area contributed by atoms with Crippen molar-refractivity contribution in [3.05, 3.63) is 29.6 Å². The Morgan fingerprint density at radius 1 is 1.29 bits per heavy atom. The number of rotatable bonds is 3. The van der Waals surface area contributed by atoms with E-state index < -0.39 is 15.8 Å². The summed E-state index contributed by atoms with van der Waals surface area (Å²) in [4.78, 5) is -0.306. The van der Waals surface area contributed by atoms with Gasteiger partial charge in [-0.1, -0.05) is 19.9 Å². The second kappa shape index (κ2) is 6.02. The van der Waals surface area contributed by atoms with Crippen LogP contribution in [-0.4, -0.2) is 30.9 Å². The third-order valence-electron chi connectivity index (χ3n) is 4.10. The van der Waals surface area contributed by atoms with Gasteiger partial charge in [-0.05, 0) is 42.4 Å². The summed E-state index contributed by atoms with van der Waals surface area (Å²) in [5.41, 5.74) is 0.479. The highest BCUT2D eigenvalue weighted by Crippen LogP contribution is 2.32. The van der Waals surface area contributed by atoms with Gasteiger partial charge in [-0.2, -0.15) is 4.31 Å². The van der Waals surface area contributed by atoms with E-state index in [-0.39, 0.29) is 16.9 Å². The van der Waals surface area contributed by atoms with Gasteiger partial charge < -0.3 is 5.11 Å². The molecule has 0 aromatic heterocycles. The molecule has 118 valence electrons. The third-order valence-corrected chi connectivity index (χ3v) is 6.03. The Hall–Kier alpha value is -0.980. The number of aliphatic hydroxyl groups excluding tert-OH is 1. The molecule has 1 aliphatic rings. The topological polar surface area (TPSA) is 57.6 Å². The van der Waals surface area contributed by atoms with Crippen LogP contribution in [0.1, 0.15) is 38.7 Å². The summed E-state index contributed by atoms with van der Waals surface area (Å²) in [5.74, 6) is -0.801. The number of halogens is 1. The second-order valence-electron chi connectivity index (χ2n) is 6.34. The Labute approximate surface area is 125 Å². The third kappa shape index (κ3) is 3.62. The predicted molar refractivity (Wildman–Crippen MR) is 78.7 cm³/mol. The number of benzene rings is 1. The molecule has 0 aliphatic carbocycles. The molecule has 0 atom stereocenters. The molecule has 1 heterocycles. The normalized spacial score (nSPS) is 20.2. The van der Waals surface area contributed by atoms with Crippen molar-refractivity contribution in [1.29, 1.82) is 0 Å². The van der Waals surface area contributed by atoms with Gasteiger partial charge >= 0.3 is 0 Å². The molecule has 2 rings (SSSR count). The van der Waals surface area contributed by atoms with Gasteiger partial charge in [-0.25, -0.2) is 12.8 Å². The zero-order valence-electron chi connectivity index (χ0n) is 12.5. The van der Waals surface area contributed by atoms with Crippen molar-refractivity contribution in [1.82, 2.24) is 4.31 Å². The first-order valence-corrected chi connectivity index (χ1v) is 8.60. The summed E-state index contributed by atoms with van der Waals surface area (Å²) in [6.07, 6.45) is 2.51. The van der Waals surface area contributed by atoms with Crippen LogP contribution in [0.2, 0.25) is 0 Å². The lowest BCUT2D eigenvalue weighted by Gasteiger charge is -2.23. The van der Waals surface area contributed by atoms with E-state index in [4.69, 9.17) is 5.11 Å². The van der Waals surface area contributed by atoms with Gasteiger partial charge in [0.05, 0.1) is 6.61 Å². The fourth-order valence-corrected chi connectivity index (χ4v) is 4.15. The molecule has 1 saturated heterocycles. The second-order valence-corrected chi connectivity index (χ2v) is 8.25. The number of hydrogen-bond donors (Lipinski definition) is 1. The molecule has 0 unspecified atom stereocenters. The Morgan fingerprint density at radius 2 is 2.00 bits per heavy atom. The van der Waals surface area contributed by atoms with Crippen molar-refractivity contribution in [2.75, 3.05) is 13.1 Å². The van der Waals surface area contributed by atoms with Crippen LogP contribution >= 0.6 is 0 Å². The lowest BCUT2D eigenvalue weighted by atomic mass is 9.85. The summed E-state index contributed by atoms with van der Waals surface area (Å²) >= 11 is 0. The standard InChI is InChI=1S/C15H22FNO3S/c1-15(2)6-3-8-17(9-7-15)21(19,20)14-5-4-12(11-18)10-13(14)16/h4-5,10,18H,3,6-9,11H2,1-2H3. The lowest BCUT2D eigenvalue weighted by Crippen LogP contribution is -2.33. The predicted octanol–water partition coefficient (Wildman–Crippen LogP) is 2.52. The van der Waals surface area contributed by atoms with Crippen LogP contribution < -0.4 is 0 Å². The van der Waals surface area contributed by atoms with Gasteiger partial charge in [0.15, 0.2) is 0 Å². The molecule has 1 aliphatic heterocycles. The molecule has 0 saturated carbocycles. The van der Waals surface area contributed by atoms with Crippen molar-refractivity contribution in [2.45, 2.75) is 44.6 Å². The maximum atomic E-state index is 14.0. The number of aliphatic hydroxyl groups is 1. The summed E-state index contributed by atoms with van der Waals surface area (Å²) < 4.78 is 40.6. The fourth-order valence-electron chi connectivity index (χ4n) is 2.63. The molecule has 1 aromatic carbocycles. The van der Waals surface area contributed by atoms with E-state index in [0.29, 0.717) is 18.7 Å². The first kappa shape index (κ1) is 16.4. The monoisotopic (exact) mass is 315 g/mol. The highest BCUT2D eigenvalue weighted by atomic mass is 32.2. The quantitative estimate of drug-likeness (QED) is 0.932. The minimum atomic E-state index is -3.81. The molecule has 21 heavy (non-hydrogen) atoms. The molecule has 0 radical (unpaired) electrons. The largest absolute Gasteiger partial charge is 0.392 e. The molecule has 4 nitrogen and oxygen atoms in total. The van der Waals surface area contributed by atoms with Gasteiger partial charge in [0.1, 0.15) is 10.7 Å². The molecule has 1 fully saturated rings. The van der Waals surface area contributed by atoms with Crippen LogP contribution in [0.4, 0.5) is 4.39 Å². The maximum Gasteiger partial charge on any atom is 0.245 e. The summed E-state index contributed by atoms with van der Waals surface area (Å²) in [6.45, 7) is 4.78. The first-order chi connectivity index (χ1) is 9.76. The molecule has 1 aromatic rings. The van der Waals surface area contributed by atoms with E-state index in [0.717, 1.165) is 25.3 Å². The van der Waals surface area contributed by atoms with Crippen LogP contribution in [-0.2, 0) is 16.6 Å². The van der Waals surface area contributed by atoms with E-state index in [1.807, 2.05) is 0 Å². The van der Waals surface area contributed by atoms with Crippen LogP contribution in [0.15, 0.2) is 23.1 Å². The SMILES string of the molecule is CC1(C)CCCN(S(=O)(=O)c2ccc(CO)cc2F)CC1. The van der Waals surface area contributed by atoms with E-state index in [1.165, 1.54) is 16.4 Å². The molecule has 6 heteroatoms. The average Bonchev–Trinajstić information content (AvgIpc) is 2.59. The maximum absolute atomic E-state index is 14.0. The van der Waals surface area contributed by atoms with Crippen molar-refractivity contribution in [3.8, 4) is 0 Å². The molecule has 1 N–H and O–H groups in total. The Kier molecular flexibility index (Phi) is 4.70. The lowest BCUT2D eigenvalue weighted by molar-refractivity contribution is 0.281. The van der Waals surface area contributed by atoms with Gasteiger partial charge in [0.2, 0.25) is 10.0 Å². The van der Waals surface area contributed by atoms with Crippen LogP contribution in [0.5, 0.6) is 0 Å². The highest BCUT2D eigenvalue weighted by molar-refractivity contribution is 7.89. The van der Waals surface area contributed by atoms with E-state index in [2.05, 4.69) is 13.8 Å². The van der Waals surface area contributed by atoms with Gasteiger partial charge in [-0.15, -0.1) is 0 Å². The number of nitrogens with zero attached hydrogens (tertiary/aromatic N) is 1. The van der Waals surface area contributed by atoms with Crippen molar-refractivity contribution in [3.63, 3.8) is 0 Å². The Balaban J connectivity index is 2.29. The van der Waals surface area contributed by atoms with Crippen LogP contribution in [0, 0.1) is 11.2 Å². The van der Waals surface area contributed by atoms with Crippen molar-refractivity contribution < 1.29 is 17.9 Å². The molecule has 0 bridgehead atoms. The minimum Gasteiger partial charge on any atom is -0.392 e. The first-order valence-electron chi connectivity index (χ1n) is 7.16. The van der Waals surface area contributed by atoms with E-state index in [1.54, 1.807) is 0 Å². The number of hydrogen-bond acceptors (Lipinski definition) is 3. The Morgan fingerprint density at radius 3 is 2.62 bits per heavy atom. The molecule has 0 amide bonds. The Bertz CT molecular complexity index is 613. The van der Waals surface area contributed by atoms with Gasteiger partial charge in [-0.3, -0.25) is 0 Å². The van der Waals surface area contributed by atoms with Crippen LogP contribution in [0.3, 0.4) is 0 Å². The van der Waals surface area contributed by atoms with E-state index in [9.17, 15) is 12.8 Å². The summed E-state index contributed by atoms with van der Waals surface area (Å²) in [6, 6.07) is 3.76. The van der Waals surface area contributed by atoms with Gasteiger partial charge in [0.25, 0.3) is 0 Å². The highest BCUT2D eigenvalue weighted by Gasteiger charge is 2.31. The molecular formula is C15H22FNO3S. The smallest absolute Gasteiger partial charge is 0.245 e. The van der Waals surface area contributed by atoms with Crippen molar-refractivity contribution >= 4 is 10.0 Å². The van der Waals surface area contributed by atoms with Crippen molar-refractivity contribution in [2.24, 2.45) is 5.41 Å². The summed E-state index contributed by atoms with van der Waals surface area (Å²) in [5, 5.41) is 8.97.